The van der Waals surface area contributed by atoms with Crippen LogP contribution in [0.25, 0.3) is 0 Å². The Labute approximate surface area is 167 Å². The summed E-state index contributed by atoms with van der Waals surface area (Å²) < 4.78 is 0. The molecule has 1 aliphatic heterocycles. The summed E-state index contributed by atoms with van der Waals surface area (Å²) in [4.78, 5) is 26.6. The second kappa shape index (κ2) is 8.57. The van der Waals surface area contributed by atoms with Crippen LogP contribution >= 0.6 is 0 Å². The second-order valence-electron chi connectivity index (χ2n) is 7.94. The van der Waals surface area contributed by atoms with Gasteiger partial charge in [0.05, 0.1) is 17.4 Å². The van der Waals surface area contributed by atoms with Gasteiger partial charge in [0.1, 0.15) is 6.54 Å². The highest BCUT2D eigenvalue weighted by atomic mass is 16.2. The summed E-state index contributed by atoms with van der Waals surface area (Å²) in [7, 11) is 0. The highest BCUT2D eigenvalue weighted by Crippen LogP contribution is 2.29. The summed E-state index contributed by atoms with van der Waals surface area (Å²) in [5.41, 5.74) is 3.88. The minimum atomic E-state index is -0.413. The van der Waals surface area contributed by atoms with Crippen molar-refractivity contribution in [1.29, 1.82) is 0 Å². The normalized spacial score (nSPS) is 15.8. The molecule has 1 heterocycles. The maximum absolute atomic E-state index is 13.0. The number of carbonyl (C=O) groups is 2. The molecule has 5 heteroatoms. The second-order valence-corrected chi connectivity index (χ2v) is 7.94. The fraction of sp³-hybridized carbons (Fsp3) is 0.391. The number of nitrogens with one attached hydrogen (secondary N) is 2. The molecule has 3 rings (SSSR count). The van der Waals surface area contributed by atoms with E-state index in [0.29, 0.717) is 11.6 Å². The smallest absolute Gasteiger partial charge is 0.244 e. The predicted octanol–water partition coefficient (Wildman–Crippen LogP) is 3.91. The highest BCUT2D eigenvalue weighted by Gasteiger charge is 2.30. The summed E-state index contributed by atoms with van der Waals surface area (Å²) in [6.07, 6.45) is 1.06. The molecule has 0 aromatic heterocycles. The quantitative estimate of drug-likeness (QED) is 0.800. The van der Waals surface area contributed by atoms with Crippen molar-refractivity contribution in [2.75, 3.05) is 16.8 Å². The number of anilines is 2. The lowest BCUT2D eigenvalue weighted by Crippen LogP contribution is -2.50. The zero-order valence-electron chi connectivity index (χ0n) is 17.0. The molecule has 28 heavy (non-hydrogen) atoms. The average Bonchev–Trinajstić information content (AvgIpc) is 2.66. The topological polar surface area (TPSA) is 61.4 Å². The molecule has 0 radical (unpaired) electrons. The Morgan fingerprint density at radius 3 is 2.43 bits per heavy atom. The van der Waals surface area contributed by atoms with Crippen LogP contribution in [0.2, 0.25) is 0 Å². The number of carbonyl (C=O) groups excluding carboxylic acids is 2. The van der Waals surface area contributed by atoms with Gasteiger partial charge in [0.25, 0.3) is 0 Å². The van der Waals surface area contributed by atoms with Crippen molar-refractivity contribution in [2.24, 2.45) is 5.92 Å². The summed E-state index contributed by atoms with van der Waals surface area (Å²) in [5.74, 6) is 0.349. The van der Waals surface area contributed by atoms with Crippen molar-refractivity contribution < 1.29 is 9.59 Å². The standard InChI is InChI=1S/C23H29N3O2/c1-15(2)13-18-9-11-19(12-10-18)16(3)24-17(4)23(28)26-14-22(27)25-20-7-5-6-8-21(20)26/h5-12,15-17,24H,13-14H2,1-4H3,(H,25,27)/t16-,17+/m1/s1. The molecule has 0 bridgehead atoms. The molecule has 2 aromatic rings. The fourth-order valence-corrected chi connectivity index (χ4v) is 3.62. The molecule has 0 unspecified atom stereocenters. The third-order valence-corrected chi connectivity index (χ3v) is 5.03. The molecule has 148 valence electrons. The van der Waals surface area contributed by atoms with Gasteiger partial charge in [-0.25, -0.2) is 0 Å². The zero-order valence-corrected chi connectivity index (χ0v) is 17.0. The van der Waals surface area contributed by atoms with Crippen LogP contribution in [0.3, 0.4) is 0 Å². The lowest BCUT2D eigenvalue weighted by Gasteiger charge is -2.32. The van der Waals surface area contributed by atoms with Crippen molar-refractivity contribution in [2.45, 2.75) is 46.2 Å². The van der Waals surface area contributed by atoms with E-state index in [0.717, 1.165) is 17.7 Å². The number of fused-ring (bicyclic) bond motifs is 1. The summed E-state index contributed by atoms with van der Waals surface area (Å²) in [6.45, 7) is 8.37. The maximum Gasteiger partial charge on any atom is 0.244 e. The van der Waals surface area contributed by atoms with E-state index in [-0.39, 0.29) is 24.4 Å². The van der Waals surface area contributed by atoms with Crippen LogP contribution in [0.4, 0.5) is 11.4 Å². The molecule has 1 aliphatic rings. The number of benzene rings is 2. The zero-order chi connectivity index (χ0) is 20.3. The number of hydrogen-bond acceptors (Lipinski definition) is 3. The number of nitrogens with zero attached hydrogens (tertiary/aromatic N) is 1. The van der Waals surface area contributed by atoms with Crippen LogP contribution in [0, 0.1) is 5.92 Å². The van der Waals surface area contributed by atoms with Gasteiger partial charge >= 0.3 is 0 Å². The molecule has 0 spiro atoms. The van der Waals surface area contributed by atoms with E-state index in [1.807, 2.05) is 31.2 Å². The van der Waals surface area contributed by atoms with Crippen LogP contribution < -0.4 is 15.5 Å². The maximum atomic E-state index is 13.0. The van der Waals surface area contributed by atoms with Gasteiger partial charge in [0, 0.05) is 6.04 Å². The Morgan fingerprint density at radius 2 is 1.75 bits per heavy atom. The molecule has 2 N–H and O–H groups in total. The van der Waals surface area contributed by atoms with Crippen molar-refractivity contribution in [3.05, 3.63) is 59.7 Å². The first-order chi connectivity index (χ1) is 13.3. The van der Waals surface area contributed by atoms with Gasteiger partial charge < -0.3 is 5.32 Å². The number of para-hydroxylation sites is 2. The third kappa shape index (κ3) is 4.60. The predicted molar refractivity (Wildman–Crippen MR) is 113 cm³/mol. The summed E-state index contributed by atoms with van der Waals surface area (Å²) in [6, 6.07) is 15.6. The van der Waals surface area contributed by atoms with Gasteiger partial charge in [-0.1, -0.05) is 50.2 Å². The van der Waals surface area contributed by atoms with Gasteiger partial charge in [-0.3, -0.25) is 19.8 Å². The number of amides is 2. The van der Waals surface area contributed by atoms with Gasteiger partial charge in [-0.05, 0) is 49.4 Å². The van der Waals surface area contributed by atoms with Crippen LogP contribution in [0.15, 0.2) is 48.5 Å². The van der Waals surface area contributed by atoms with E-state index in [1.54, 1.807) is 4.90 Å². The van der Waals surface area contributed by atoms with E-state index in [1.165, 1.54) is 5.56 Å². The van der Waals surface area contributed by atoms with E-state index in [4.69, 9.17) is 0 Å². The SMILES string of the molecule is CC(C)Cc1ccc([C@@H](C)N[C@@H](C)C(=O)N2CC(=O)Nc3ccccc32)cc1. The first-order valence-electron chi connectivity index (χ1n) is 9.90. The fourth-order valence-electron chi connectivity index (χ4n) is 3.62. The van der Waals surface area contributed by atoms with E-state index < -0.39 is 6.04 Å². The molecule has 0 aliphatic carbocycles. The van der Waals surface area contributed by atoms with E-state index >= 15 is 0 Å². The van der Waals surface area contributed by atoms with Crippen molar-refractivity contribution in [3.63, 3.8) is 0 Å². The van der Waals surface area contributed by atoms with Gasteiger partial charge in [-0.15, -0.1) is 0 Å². The first-order valence-corrected chi connectivity index (χ1v) is 9.90. The van der Waals surface area contributed by atoms with Crippen LogP contribution in [-0.4, -0.2) is 24.4 Å². The molecule has 0 saturated carbocycles. The first kappa shape index (κ1) is 20.1. The lowest BCUT2D eigenvalue weighted by atomic mass is 9.99. The Morgan fingerprint density at radius 1 is 1.07 bits per heavy atom. The van der Waals surface area contributed by atoms with Crippen molar-refractivity contribution >= 4 is 23.2 Å². The van der Waals surface area contributed by atoms with E-state index in [2.05, 4.69) is 55.7 Å². The summed E-state index contributed by atoms with van der Waals surface area (Å²) >= 11 is 0. The van der Waals surface area contributed by atoms with Gasteiger partial charge in [0.15, 0.2) is 0 Å². The largest absolute Gasteiger partial charge is 0.323 e. The molecule has 2 atom stereocenters. The third-order valence-electron chi connectivity index (χ3n) is 5.03. The molecule has 2 aromatic carbocycles. The molecule has 0 fully saturated rings. The van der Waals surface area contributed by atoms with Crippen molar-refractivity contribution in [1.82, 2.24) is 5.32 Å². The number of hydrogen-bond donors (Lipinski definition) is 2. The Bertz CT molecular complexity index is 845. The molecule has 5 nitrogen and oxygen atoms in total. The highest BCUT2D eigenvalue weighted by molar-refractivity contribution is 6.11. The van der Waals surface area contributed by atoms with Crippen molar-refractivity contribution in [3.8, 4) is 0 Å². The average molecular weight is 380 g/mol. The Hall–Kier alpha value is -2.66. The molecular formula is C23H29N3O2. The van der Waals surface area contributed by atoms with Crippen LogP contribution in [0.1, 0.15) is 44.9 Å². The minimum Gasteiger partial charge on any atom is -0.323 e. The monoisotopic (exact) mass is 379 g/mol. The molecule has 2 amide bonds. The minimum absolute atomic E-state index is 0.0286. The Balaban J connectivity index is 1.68. The number of rotatable bonds is 6. The van der Waals surface area contributed by atoms with Crippen LogP contribution in [-0.2, 0) is 16.0 Å². The van der Waals surface area contributed by atoms with Gasteiger partial charge in [-0.2, -0.15) is 0 Å². The lowest BCUT2D eigenvalue weighted by molar-refractivity contribution is -0.123. The van der Waals surface area contributed by atoms with Gasteiger partial charge in [0.2, 0.25) is 11.8 Å². The van der Waals surface area contributed by atoms with Crippen LogP contribution in [0.5, 0.6) is 0 Å². The molecular weight excluding hydrogens is 350 g/mol. The van der Waals surface area contributed by atoms with E-state index in [9.17, 15) is 9.59 Å². The summed E-state index contributed by atoms with van der Waals surface area (Å²) in [5, 5.41) is 6.19. The molecule has 0 saturated heterocycles. The Kier molecular flexibility index (Phi) is 6.15.